The summed E-state index contributed by atoms with van der Waals surface area (Å²) in [5.74, 6) is 1.36. The first-order chi connectivity index (χ1) is 13.3. The van der Waals surface area contributed by atoms with Crippen LogP contribution in [0.1, 0.15) is 0 Å². The van der Waals surface area contributed by atoms with Crippen molar-refractivity contribution in [3.8, 4) is 0 Å². The number of nitrogens with one attached hydrogen (secondary N) is 2. The second-order valence-electron chi connectivity index (χ2n) is 6.58. The average molecular weight is 370 g/mol. The number of aromatic nitrogens is 2. The van der Waals surface area contributed by atoms with Gasteiger partial charge in [0.1, 0.15) is 5.82 Å². The lowest BCUT2D eigenvalue weighted by Crippen LogP contribution is -2.38. The van der Waals surface area contributed by atoms with Crippen LogP contribution in [0.15, 0.2) is 30.5 Å². The van der Waals surface area contributed by atoms with Crippen LogP contribution in [0.3, 0.4) is 0 Å². The molecule has 2 aromatic rings. The van der Waals surface area contributed by atoms with E-state index in [0.717, 1.165) is 64.1 Å². The molecule has 0 aliphatic carbocycles. The van der Waals surface area contributed by atoms with E-state index in [1.54, 1.807) is 6.20 Å². The van der Waals surface area contributed by atoms with E-state index >= 15 is 0 Å². The molecule has 0 atom stereocenters. The third-order valence-electron chi connectivity index (χ3n) is 4.82. The van der Waals surface area contributed by atoms with E-state index in [-0.39, 0.29) is 0 Å². The Hall–Kier alpha value is -2.58. The molecule has 144 valence electrons. The minimum Gasteiger partial charge on any atom is -0.378 e. The predicted molar refractivity (Wildman–Crippen MR) is 107 cm³/mol. The maximum atomic E-state index is 5.51. The summed E-state index contributed by atoms with van der Waals surface area (Å²) in [7, 11) is 1.85. The van der Waals surface area contributed by atoms with Gasteiger partial charge in [-0.25, -0.2) is 4.98 Å². The molecule has 0 spiro atoms. The van der Waals surface area contributed by atoms with E-state index in [1.807, 2.05) is 13.1 Å². The molecule has 8 heteroatoms. The Balaban J connectivity index is 1.63. The quantitative estimate of drug-likeness (QED) is 0.827. The molecular weight excluding hydrogens is 344 g/mol. The van der Waals surface area contributed by atoms with Gasteiger partial charge in [-0.15, -0.1) is 0 Å². The molecule has 0 saturated carbocycles. The Bertz CT molecular complexity index is 723. The number of anilines is 5. The van der Waals surface area contributed by atoms with Crippen molar-refractivity contribution >= 4 is 28.8 Å². The van der Waals surface area contributed by atoms with Gasteiger partial charge < -0.3 is 29.9 Å². The normalized spacial score (nSPS) is 17.7. The maximum Gasteiger partial charge on any atom is 0.229 e. The van der Waals surface area contributed by atoms with Crippen molar-refractivity contribution in [1.29, 1.82) is 0 Å². The highest BCUT2D eigenvalue weighted by Crippen LogP contribution is 2.30. The summed E-state index contributed by atoms with van der Waals surface area (Å²) in [4.78, 5) is 13.5. The first-order valence-corrected chi connectivity index (χ1v) is 9.40. The highest BCUT2D eigenvalue weighted by Gasteiger charge is 2.17. The number of nitrogens with zero attached hydrogens (tertiary/aromatic N) is 4. The fourth-order valence-electron chi connectivity index (χ4n) is 3.36. The largest absolute Gasteiger partial charge is 0.378 e. The molecule has 1 aromatic carbocycles. The lowest BCUT2D eigenvalue weighted by molar-refractivity contribution is 0.122. The van der Waals surface area contributed by atoms with Crippen molar-refractivity contribution in [2.75, 3.05) is 80.1 Å². The number of hydrogen-bond donors (Lipinski definition) is 2. The smallest absolute Gasteiger partial charge is 0.229 e. The number of hydrogen-bond acceptors (Lipinski definition) is 8. The van der Waals surface area contributed by atoms with Crippen molar-refractivity contribution in [2.45, 2.75) is 0 Å². The Labute approximate surface area is 159 Å². The van der Waals surface area contributed by atoms with Gasteiger partial charge in [0.25, 0.3) is 0 Å². The van der Waals surface area contributed by atoms with Crippen molar-refractivity contribution in [3.63, 3.8) is 0 Å². The maximum absolute atomic E-state index is 5.51. The fourth-order valence-corrected chi connectivity index (χ4v) is 3.36. The number of benzene rings is 1. The predicted octanol–water partition coefficient (Wildman–Crippen LogP) is 1.94. The number of ether oxygens (including phenoxy) is 2. The van der Waals surface area contributed by atoms with Crippen molar-refractivity contribution in [3.05, 3.63) is 30.5 Å². The second kappa shape index (κ2) is 8.41. The molecule has 0 bridgehead atoms. The van der Waals surface area contributed by atoms with Crippen molar-refractivity contribution in [1.82, 2.24) is 9.97 Å². The van der Waals surface area contributed by atoms with Gasteiger partial charge in [-0.2, -0.15) is 4.98 Å². The molecule has 4 rings (SSSR count). The molecule has 8 nitrogen and oxygen atoms in total. The first kappa shape index (κ1) is 17.8. The molecule has 2 saturated heterocycles. The number of morpholine rings is 2. The van der Waals surface area contributed by atoms with E-state index in [1.165, 1.54) is 11.4 Å². The topological polar surface area (TPSA) is 74.8 Å². The zero-order valence-corrected chi connectivity index (χ0v) is 15.6. The van der Waals surface area contributed by atoms with Gasteiger partial charge >= 0.3 is 0 Å². The molecule has 1 aromatic heterocycles. The van der Waals surface area contributed by atoms with Gasteiger partial charge in [-0.05, 0) is 24.3 Å². The van der Waals surface area contributed by atoms with Crippen LogP contribution in [0.25, 0.3) is 0 Å². The molecule has 2 fully saturated rings. The minimum atomic E-state index is 0.578. The van der Waals surface area contributed by atoms with Gasteiger partial charge in [0, 0.05) is 56.5 Å². The van der Waals surface area contributed by atoms with Crippen LogP contribution < -0.4 is 20.4 Å². The SMILES string of the molecule is CNc1ccnc(Nc2cc(N3CCOCC3)cc(N3CCOCC3)c2)n1. The van der Waals surface area contributed by atoms with Crippen molar-refractivity contribution < 1.29 is 9.47 Å². The monoisotopic (exact) mass is 370 g/mol. The summed E-state index contributed by atoms with van der Waals surface area (Å²) in [6.07, 6.45) is 1.75. The standard InChI is InChI=1S/C19H26N6O2/c1-20-18-2-3-21-19(23-18)22-15-12-16(24-4-8-26-9-5-24)14-17(13-15)25-6-10-27-11-7-25/h2-3,12-14H,4-11H2,1H3,(H2,20,21,22,23). The molecule has 3 heterocycles. The molecule has 0 radical (unpaired) electrons. The van der Waals surface area contributed by atoms with Gasteiger partial charge in [0.2, 0.25) is 5.95 Å². The van der Waals surface area contributed by atoms with Crippen LogP contribution in [0.4, 0.5) is 28.8 Å². The lowest BCUT2D eigenvalue weighted by Gasteiger charge is -2.33. The molecule has 2 N–H and O–H groups in total. The highest BCUT2D eigenvalue weighted by atomic mass is 16.5. The summed E-state index contributed by atoms with van der Waals surface area (Å²) in [5, 5.41) is 6.40. The Morgan fingerprint density at radius 1 is 0.889 bits per heavy atom. The zero-order chi connectivity index (χ0) is 18.5. The Morgan fingerprint density at radius 2 is 1.48 bits per heavy atom. The van der Waals surface area contributed by atoms with Crippen LogP contribution in [0.5, 0.6) is 0 Å². The lowest BCUT2D eigenvalue weighted by atomic mass is 10.2. The Kier molecular flexibility index (Phi) is 5.55. The van der Waals surface area contributed by atoms with Gasteiger partial charge in [-0.1, -0.05) is 0 Å². The van der Waals surface area contributed by atoms with Crippen LogP contribution >= 0.6 is 0 Å². The average Bonchev–Trinajstić information content (AvgIpc) is 2.75. The summed E-state index contributed by atoms with van der Waals surface area (Å²) >= 11 is 0. The molecule has 2 aliphatic heterocycles. The molecule has 0 unspecified atom stereocenters. The first-order valence-electron chi connectivity index (χ1n) is 9.40. The van der Waals surface area contributed by atoms with E-state index < -0.39 is 0 Å². The van der Waals surface area contributed by atoms with E-state index in [4.69, 9.17) is 9.47 Å². The second-order valence-corrected chi connectivity index (χ2v) is 6.58. The summed E-state index contributed by atoms with van der Waals surface area (Å²) in [6.45, 7) is 6.65. The van der Waals surface area contributed by atoms with Gasteiger partial charge in [0.05, 0.1) is 26.4 Å². The van der Waals surface area contributed by atoms with Crippen LogP contribution in [-0.2, 0) is 9.47 Å². The summed E-state index contributed by atoms with van der Waals surface area (Å²) in [5.41, 5.74) is 3.36. The molecular formula is C19H26N6O2. The van der Waals surface area contributed by atoms with Crippen LogP contribution in [-0.4, -0.2) is 69.6 Å². The molecule has 2 aliphatic rings. The summed E-state index contributed by atoms with van der Waals surface area (Å²) in [6, 6.07) is 8.41. The van der Waals surface area contributed by atoms with Crippen molar-refractivity contribution in [2.24, 2.45) is 0 Å². The summed E-state index contributed by atoms with van der Waals surface area (Å²) < 4.78 is 11.0. The van der Waals surface area contributed by atoms with Gasteiger partial charge in [-0.3, -0.25) is 0 Å². The third kappa shape index (κ3) is 4.40. The molecule has 27 heavy (non-hydrogen) atoms. The van der Waals surface area contributed by atoms with Crippen LogP contribution in [0.2, 0.25) is 0 Å². The van der Waals surface area contributed by atoms with E-state index in [9.17, 15) is 0 Å². The van der Waals surface area contributed by atoms with E-state index in [2.05, 4.69) is 48.6 Å². The number of rotatable bonds is 5. The Morgan fingerprint density at radius 3 is 2.04 bits per heavy atom. The van der Waals surface area contributed by atoms with E-state index in [0.29, 0.717) is 5.95 Å². The van der Waals surface area contributed by atoms with Crippen LogP contribution in [0, 0.1) is 0 Å². The highest BCUT2D eigenvalue weighted by molar-refractivity contribution is 5.71. The molecule has 0 amide bonds. The third-order valence-corrected chi connectivity index (χ3v) is 4.82. The van der Waals surface area contributed by atoms with Gasteiger partial charge in [0.15, 0.2) is 0 Å². The zero-order valence-electron chi connectivity index (χ0n) is 15.6. The fraction of sp³-hybridized carbons (Fsp3) is 0.474. The minimum absolute atomic E-state index is 0.578.